The molecule has 0 fully saturated rings. The Balaban J connectivity index is 2.63. The van der Waals surface area contributed by atoms with Crippen molar-refractivity contribution >= 4 is 21.8 Å². The predicted molar refractivity (Wildman–Crippen MR) is 39.7 cm³/mol. The molecule has 0 aliphatic carbocycles. The molecule has 2 N–H and O–H groups in total. The maximum atomic E-state index is 10.9. The van der Waals surface area contributed by atoms with Gasteiger partial charge < -0.3 is 10.3 Å². The summed E-state index contributed by atoms with van der Waals surface area (Å²) in [7, 11) is 0. The lowest BCUT2D eigenvalue weighted by Gasteiger charge is -1.88. The number of halogens is 1. The molecule has 52 valence electrons. The van der Waals surface area contributed by atoms with E-state index < -0.39 is 0 Å². The first-order chi connectivity index (χ1) is 4.79. The van der Waals surface area contributed by atoms with Crippen LogP contribution >= 0.6 is 15.9 Å². The summed E-state index contributed by atoms with van der Waals surface area (Å²) >= 11 is 3.30. The van der Waals surface area contributed by atoms with Gasteiger partial charge in [-0.25, -0.2) is 0 Å². The fourth-order valence-electron chi connectivity index (χ4n) is 1.07. The third kappa shape index (κ3) is 0.623. The highest BCUT2D eigenvalue weighted by Crippen LogP contribution is 2.23. The zero-order valence-corrected chi connectivity index (χ0v) is 6.66. The van der Waals surface area contributed by atoms with E-state index in [0.29, 0.717) is 6.54 Å². The zero-order valence-electron chi connectivity index (χ0n) is 5.07. The van der Waals surface area contributed by atoms with Gasteiger partial charge >= 0.3 is 0 Å². The molecule has 3 nitrogen and oxygen atoms in total. The summed E-state index contributed by atoms with van der Waals surface area (Å²) in [5.74, 6) is 0.0111. The molecular formula is C6H5BrN2O. The summed E-state index contributed by atoms with van der Waals surface area (Å²) < 4.78 is 0.904. The van der Waals surface area contributed by atoms with Crippen LogP contribution in [0.15, 0.2) is 10.8 Å². The number of carbonyl (C=O) groups excluding carboxylic acids is 1. The summed E-state index contributed by atoms with van der Waals surface area (Å²) in [5.41, 5.74) is 1.79. The first-order valence-electron chi connectivity index (χ1n) is 2.93. The summed E-state index contributed by atoms with van der Waals surface area (Å²) in [6, 6.07) is 0. The molecule has 2 rings (SSSR count). The minimum atomic E-state index is 0.0111. The van der Waals surface area contributed by atoms with E-state index in [-0.39, 0.29) is 5.91 Å². The van der Waals surface area contributed by atoms with Crippen molar-refractivity contribution in [2.75, 3.05) is 0 Å². The molecule has 1 aliphatic rings. The van der Waals surface area contributed by atoms with Crippen LogP contribution in [0.3, 0.4) is 0 Å². The lowest BCUT2D eigenvalue weighted by molar-refractivity contribution is 0.0965. The number of amides is 1. The van der Waals surface area contributed by atoms with Crippen LogP contribution in [0.2, 0.25) is 0 Å². The van der Waals surface area contributed by atoms with E-state index in [4.69, 9.17) is 0 Å². The van der Waals surface area contributed by atoms with Crippen molar-refractivity contribution in [3.63, 3.8) is 0 Å². The molecule has 4 heteroatoms. The summed E-state index contributed by atoms with van der Waals surface area (Å²) in [6.07, 6.45) is 1.71. The highest BCUT2D eigenvalue weighted by molar-refractivity contribution is 9.10. The molecule has 0 spiro atoms. The second-order valence-corrected chi connectivity index (χ2v) is 2.97. The minimum absolute atomic E-state index is 0.0111. The Morgan fingerprint density at radius 3 is 3.10 bits per heavy atom. The molecule has 0 saturated carbocycles. The van der Waals surface area contributed by atoms with E-state index in [1.165, 1.54) is 0 Å². The highest BCUT2D eigenvalue weighted by Gasteiger charge is 2.21. The predicted octanol–water partition coefficient (Wildman–Crippen LogP) is 1.02. The molecule has 1 aliphatic heterocycles. The van der Waals surface area contributed by atoms with Crippen molar-refractivity contribution < 1.29 is 4.79 Å². The lowest BCUT2D eigenvalue weighted by Crippen LogP contribution is -2.12. The topological polar surface area (TPSA) is 44.9 Å². The van der Waals surface area contributed by atoms with E-state index >= 15 is 0 Å². The Labute approximate surface area is 65.9 Å². The van der Waals surface area contributed by atoms with Crippen LogP contribution in [0.4, 0.5) is 0 Å². The van der Waals surface area contributed by atoms with Crippen molar-refractivity contribution in [3.8, 4) is 0 Å². The van der Waals surface area contributed by atoms with Gasteiger partial charge in [0.05, 0.1) is 10.2 Å². The van der Waals surface area contributed by atoms with Crippen molar-refractivity contribution in [2.24, 2.45) is 0 Å². The summed E-state index contributed by atoms with van der Waals surface area (Å²) in [6.45, 7) is 0.637. The molecule has 0 aromatic carbocycles. The average Bonchev–Trinajstić information content (AvgIpc) is 2.41. The largest absolute Gasteiger partial charge is 0.355 e. The van der Waals surface area contributed by atoms with Crippen LogP contribution in [0.25, 0.3) is 0 Å². The third-order valence-corrected chi connectivity index (χ3v) is 2.31. The maximum Gasteiger partial charge on any atom is 0.253 e. The smallest absolute Gasteiger partial charge is 0.253 e. The molecular weight excluding hydrogens is 196 g/mol. The zero-order chi connectivity index (χ0) is 7.14. The number of hydrogen-bond acceptors (Lipinski definition) is 1. The van der Waals surface area contributed by atoms with Gasteiger partial charge in [-0.15, -0.1) is 0 Å². The Morgan fingerprint density at radius 1 is 1.60 bits per heavy atom. The van der Waals surface area contributed by atoms with E-state index in [0.717, 1.165) is 15.7 Å². The first-order valence-corrected chi connectivity index (χ1v) is 3.72. The third-order valence-electron chi connectivity index (χ3n) is 1.60. The van der Waals surface area contributed by atoms with Crippen molar-refractivity contribution in [1.82, 2.24) is 10.3 Å². The van der Waals surface area contributed by atoms with Gasteiger partial charge in [0.25, 0.3) is 5.91 Å². The molecule has 1 aromatic heterocycles. The second kappa shape index (κ2) is 1.85. The number of H-pyrrole nitrogens is 1. The van der Waals surface area contributed by atoms with Gasteiger partial charge in [0, 0.05) is 18.3 Å². The molecule has 10 heavy (non-hydrogen) atoms. The van der Waals surface area contributed by atoms with Crippen LogP contribution in [0, 0.1) is 0 Å². The summed E-state index contributed by atoms with van der Waals surface area (Å²) in [4.78, 5) is 13.9. The minimum Gasteiger partial charge on any atom is -0.355 e. The van der Waals surface area contributed by atoms with Crippen LogP contribution in [0.5, 0.6) is 0 Å². The monoisotopic (exact) mass is 200 g/mol. The van der Waals surface area contributed by atoms with Gasteiger partial charge in [-0.1, -0.05) is 0 Å². The molecule has 0 atom stereocenters. The molecule has 0 unspecified atom stereocenters. The number of hydrogen-bond donors (Lipinski definition) is 2. The van der Waals surface area contributed by atoms with E-state index in [9.17, 15) is 4.79 Å². The number of aromatic amines is 1. The molecule has 0 saturated heterocycles. The van der Waals surface area contributed by atoms with Gasteiger partial charge in [0.1, 0.15) is 0 Å². The quantitative estimate of drug-likeness (QED) is 0.646. The van der Waals surface area contributed by atoms with Crippen molar-refractivity contribution in [2.45, 2.75) is 6.54 Å². The molecule has 1 aromatic rings. The lowest BCUT2D eigenvalue weighted by atomic mass is 10.2. The van der Waals surface area contributed by atoms with Gasteiger partial charge in [-0.2, -0.15) is 0 Å². The van der Waals surface area contributed by atoms with Gasteiger partial charge in [0.15, 0.2) is 0 Å². The van der Waals surface area contributed by atoms with Gasteiger partial charge in [-0.3, -0.25) is 4.79 Å². The van der Waals surface area contributed by atoms with E-state index in [1.54, 1.807) is 6.20 Å². The number of rotatable bonds is 0. The first kappa shape index (κ1) is 5.97. The number of fused-ring (bicyclic) bond motifs is 1. The molecule has 2 heterocycles. The average molecular weight is 201 g/mol. The van der Waals surface area contributed by atoms with E-state index in [1.807, 2.05) is 0 Å². The van der Waals surface area contributed by atoms with Gasteiger partial charge in [0.2, 0.25) is 0 Å². The Hall–Kier alpha value is -0.770. The number of aromatic nitrogens is 1. The Morgan fingerprint density at radius 2 is 2.40 bits per heavy atom. The molecule has 0 bridgehead atoms. The van der Waals surface area contributed by atoms with Crippen LogP contribution in [0.1, 0.15) is 15.9 Å². The highest BCUT2D eigenvalue weighted by atomic mass is 79.9. The Bertz CT molecular complexity index is 292. The fourth-order valence-corrected chi connectivity index (χ4v) is 1.54. The fraction of sp³-hybridized carbons (Fsp3) is 0.167. The summed E-state index contributed by atoms with van der Waals surface area (Å²) in [5, 5.41) is 2.72. The van der Waals surface area contributed by atoms with Crippen LogP contribution < -0.4 is 5.32 Å². The number of nitrogens with one attached hydrogen (secondary N) is 2. The van der Waals surface area contributed by atoms with Crippen molar-refractivity contribution in [1.29, 1.82) is 0 Å². The molecule has 0 radical (unpaired) electrons. The normalized spacial score (nSPS) is 15.1. The Kier molecular flexibility index (Phi) is 1.11. The second-order valence-electron chi connectivity index (χ2n) is 2.18. The SMILES string of the molecule is O=C1NCc2c1c[nH]c2Br. The van der Waals surface area contributed by atoms with Crippen LogP contribution in [-0.2, 0) is 6.54 Å². The molecule has 1 amide bonds. The van der Waals surface area contributed by atoms with E-state index in [2.05, 4.69) is 26.2 Å². The maximum absolute atomic E-state index is 10.9. The number of carbonyl (C=O) groups is 1. The van der Waals surface area contributed by atoms with Crippen LogP contribution in [-0.4, -0.2) is 10.9 Å². The van der Waals surface area contributed by atoms with Gasteiger partial charge in [-0.05, 0) is 15.9 Å². The standard InChI is InChI=1S/C6H5BrN2O/c7-5-3-1-9-6(10)4(3)2-8-5/h2,8H,1H2,(H,9,10). The van der Waals surface area contributed by atoms with Crippen molar-refractivity contribution in [3.05, 3.63) is 21.9 Å².